The van der Waals surface area contributed by atoms with Crippen molar-refractivity contribution in [2.24, 2.45) is 4.99 Å². The fourth-order valence-corrected chi connectivity index (χ4v) is 3.31. The molecule has 0 atom stereocenters. The molecule has 0 spiro atoms. The Morgan fingerprint density at radius 2 is 1.87 bits per heavy atom. The highest BCUT2D eigenvalue weighted by Gasteiger charge is 2.13. The number of hydrogen-bond donors (Lipinski definition) is 2. The minimum absolute atomic E-state index is 0.284. The lowest BCUT2D eigenvalue weighted by atomic mass is 10.2. The van der Waals surface area contributed by atoms with Gasteiger partial charge in [0.15, 0.2) is 0 Å². The summed E-state index contributed by atoms with van der Waals surface area (Å²) < 4.78 is 1.96. The van der Waals surface area contributed by atoms with Crippen molar-refractivity contribution < 1.29 is 4.79 Å². The first kappa shape index (κ1) is 21.6. The number of carbonyl (C=O) groups is 1. The maximum absolute atomic E-state index is 12.7. The normalized spacial score (nSPS) is 11.4. The van der Waals surface area contributed by atoms with Crippen LogP contribution in [0.1, 0.15) is 39.8 Å². The van der Waals surface area contributed by atoms with Crippen LogP contribution < -0.4 is 10.6 Å². The third-order valence-corrected chi connectivity index (χ3v) is 5.09. The molecule has 30 heavy (non-hydrogen) atoms. The summed E-state index contributed by atoms with van der Waals surface area (Å²) >= 11 is 6.03. The SMILES string of the molecule is CCn1nc(C)c(CN=C(NC(=O)c2cccc(Cl)c2)Nc2ccc(C)cc2)c1C. The molecule has 0 aliphatic rings. The van der Waals surface area contributed by atoms with E-state index in [0.717, 1.165) is 34.7 Å². The smallest absolute Gasteiger partial charge is 0.258 e. The molecule has 0 saturated carbocycles. The number of carbonyl (C=O) groups excluding carboxylic acids is 1. The molecule has 0 aliphatic carbocycles. The predicted octanol–water partition coefficient (Wildman–Crippen LogP) is 4.88. The van der Waals surface area contributed by atoms with Gasteiger partial charge in [-0.2, -0.15) is 5.10 Å². The first-order chi connectivity index (χ1) is 14.4. The van der Waals surface area contributed by atoms with Gasteiger partial charge in [-0.1, -0.05) is 35.4 Å². The summed E-state index contributed by atoms with van der Waals surface area (Å²) in [5.41, 5.74) is 5.52. The van der Waals surface area contributed by atoms with Crippen LogP contribution in [0.2, 0.25) is 5.02 Å². The van der Waals surface area contributed by atoms with Gasteiger partial charge in [-0.3, -0.25) is 14.8 Å². The Bertz CT molecular complexity index is 1070. The number of anilines is 1. The molecule has 7 heteroatoms. The second-order valence-electron chi connectivity index (χ2n) is 7.09. The number of nitrogens with zero attached hydrogens (tertiary/aromatic N) is 3. The molecule has 1 heterocycles. The molecule has 1 amide bonds. The number of aromatic nitrogens is 2. The molecule has 3 rings (SSSR count). The summed E-state index contributed by atoms with van der Waals surface area (Å²) in [6, 6.07) is 14.7. The lowest BCUT2D eigenvalue weighted by molar-refractivity contribution is 0.0977. The zero-order valence-corrected chi connectivity index (χ0v) is 18.4. The van der Waals surface area contributed by atoms with Crippen LogP contribution in [-0.4, -0.2) is 21.6 Å². The molecule has 0 unspecified atom stereocenters. The molecule has 2 N–H and O–H groups in total. The summed E-state index contributed by atoms with van der Waals surface area (Å²) in [7, 11) is 0. The van der Waals surface area contributed by atoms with Crippen LogP contribution in [0.3, 0.4) is 0 Å². The molecular weight excluding hydrogens is 398 g/mol. The molecule has 3 aromatic rings. The first-order valence-corrected chi connectivity index (χ1v) is 10.2. The minimum atomic E-state index is -0.284. The Morgan fingerprint density at radius 1 is 1.13 bits per heavy atom. The number of nitrogens with one attached hydrogen (secondary N) is 2. The molecule has 0 aliphatic heterocycles. The maximum atomic E-state index is 12.7. The van der Waals surface area contributed by atoms with Crippen LogP contribution in [0.5, 0.6) is 0 Å². The van der Waals surface area contributed by atoms with E-state index >= 15 is 0 Å². The summed E-state index contributed by atoms with van der Waals surface area (Å²) in [6.45, 7) is 9.30. The van der Waals surface area contributed by atoms with E-state index in [-0.39, 0.29) is 5.91 Å². The van der Waals surface area contributed by atoms with Gasteiger partial charge in [0, 0.05) is 34.1 Å². The van der Waals surface area contributed by atoms with Crippen molar-refractivity contribution in [1.29, 1.82) is 0 Å². The van der Waals surface area contributed by atoms with E-state index < -0.39 is 0 Å². The van der Waals surface area contributed by atoms with Gasteiger partial charge in [-0.25, -0.2) is 4.99 Å². The van der Waals surface area contributed by atoms with E-state index in [1.54, 1.807) is 24.3 Å². The standard InChI is InChI=1S/C23H26ClN5O/c1-5-29-17(4)21(16(3)28-29)14-25-23(26-20-11-9-15(2)10-12-20)27-22(30)18-7-6-8-19(24)13-18/h6-13H,5,14H2,1-4H3,(H2,25,26,27,30). The number of aryl methyl sites for hydroxylation is 3. The van der Waals surface area contributed by atoms with Crippen molar-refractivity contribution in [1.82, 2.24) is 15.1 Å². The van der Waals surface area contributed by atoms with Gasteiger partial charge in [-0.05, 0) is 58.0 Å². The molecule has 0 radical (unpaired) electrons. The zero-order valence-electron chi connectivity index (χ0n) is 17.7. The average molecular weight is 424 g/mol. The predicted molar refractivity (Wildman–Crippen MR) is 122 cm³/mol. The number of rotatable bonds is 5. The van der Waals surface area contributed by atoms with E-state index in [1.807, 2.05) is 49.7 Å². The van der Waals surface area contributed by atoms with Crippen molar-refractivity contribution >= 4 is 29.2 Å². The highest BCUT2D eigenvalue weighted by Crippen LogP contribution is 2.15. The van der Waals surface area contributed by atoms with Crippen LogP contribution in [0.25, 0.3) is 0 Å². The molecule has 0 saturated heterocycles. The second kappa shape index (κ2) is 9.59. The van der Waals surface area contributed by atoms with Gasteiger partial charge in [0.2, 0.25) is 5.96 Å². The number of hydrogen-bond acceptors (Lipinski definition) is 3. The molecule has 6 nitrogen and oxygen atoms in total. The molecule has 2 aromatic carbocycles. The Labute approximate surface area is 182 Å². The van der Waals surface area contributed by atoms with Crippen LogP contribution in [0, 0.1) is 20.8 Å². The van der Waals surface area contributed by atoms with Gasteiger partial charge < -0.3 is 5.32 Å². The zero-order chi connectivity index (χ0) is 21.7. The van der Waals surface area contributed by atoms with Gasteiger partial charge in [0.25, 0.3) is 5.91 Å². The Morgan fingerprint density at radius 3 is 2.50 bits per heavy atom. The van der Waals surface area contributed by atoms with Crippen molar-refractivity contribution in [2.75, 3.05) is 5.32 Å². The Hall–Kier alpha value is -3.12. The van der Waals surface area contributed by atoms with Gasteiger partial charge in [0.05, 0.1) is 12.2 Å². The van der Waals surface area contributed by atoms with Gasteiger partial charge >= 0.3 is 0 Å². The molecular formula is C23H26ClN5O. The lowest BCUT2D eigenvalue weighted by Crippen LogP contribution is -2.36. The van der Waals surface area contributed by atoms with E-state index in [0.29, 0.717) is 23.1 Å². The summed E-state index contributed by atoms with van der Waals surface area (Å²) in [4.78, 5) is 17.4. The quantitative estimate of drug-likeness (QED) is 0.453. The van der Waals surface area contributed by atoms with Crippen molar-refractivity contribution in [3.05, 3.63) is 81.6 Å². The maximum Gasteiger partial charge on any atom is 0.258 e. The number of aliphatic imine (C=N–C) groups is 1. The second-order valence-corrected chi connectivity index (χ2v) is 7.52. The number of halogens is 1. The molecule has 1 aromatic heterocycles. The molecule has 156 valence electrons. The van der Waals surface area contributed by atoms with Crippen molar-refractivity contribution in [3.8, 4) is 0 Å². The third-order valence-electron chi connectivity index (χ3n) is 4.86. The third kappa shape index (κ3) is 5.27. The van der Waals surface area contributed by atoms with E-state index in [4.69, 9.17) is 11.6 Å². The summed E-state index contributed by atoms with van der Waals surface area (Å²) in [5, 5.41) is 11.1. The van der Waals surface area contributed by atoms with Crippen molar-refractivity contribution in [2.45, 2.75) is 40.8 Å². The van der Waals surface area contributed by atoms with Gasteiger partial charge in [0.1, 0.15) is 0 Å². The van der Waals surface area contributed by atoms with Crippen molar-refractivity contribution in [3.63, 3.8) is 0 Å². The van der Waals surface area contributed by atoms with Crippen LogP contribution >= 0.6 is 11.6 Å². The number of benzene rings is 2. The summed E-state index contributed by atoms with van der Waals surface area (Å²) in [6.07, 6.45) is 0. The highest BCUT2D eigenvalue weighted by atomic mass is 35.5. The molecule has 0 fully saturated rings. The number of amides is 1. The monoisotopic (exact) mass is 423 g/mol. The average Bonchev–Trinajstić information content (AvgIpc) is 3.00. The largest absolute Gasteiger partial charge is 0.326 e. The number of guanidine groups is 1. The first-order valence-electron chi connectivity index (χ1n) is 9.85. The van der Waals surface area contributed by atoms with Gasteiger partial charge in [-0.15, -0.1) is 0 Å². The van der Waals surface area contributed by atoms with Crippen LogP contribution in [-0.2, 0) is 13.1 Å². The fraction of sp³-hybridized carbons (Fsp3) is 0.261. The topological polar surface area (TPSA) is 71.3 Å². The summed E-state index contributed by atoms with van der Waals surface area (Å²) in [5.74, 6) is 0.0837. The van der Waals surface area contributed by atoms with E-state index in [9.17, 15) is 4.79 Å². The lowest BCUT2D eigenvalue weighted by Gasteiger charge is -2.12. The fourth-order valence-electron chi connectivity index (χ4n) is 3.12. The Kier molecular flexibility index (Phi) is 6.90. The van der Waals surface area contributed by atoms with Crippen LogP contribution in [0.4, 0.5) is 5.69 Å². The van der Waals surface area contributed by atoms with E-state index in [1.165, 1.54) is 0 Å². The van der Waals surface area contributed by atoms with Crippen LogP contribution in [0.15, 0.2) is 53.5 Å². The highest BCUT2D eigenvalue weighted by molar-refractivity contribution is 6.31. The van der Waals surface area contributed by atoms with E-state index in [2.05, 4.69) is 27.6 Å². The minimum Gasteiger partial charge on any atom is -0.326 e. The Balaban J connectivity index is 1.86. The molecule has 0 bridgehead atoms.